The third-order valence-electron chi connectivity index (χ3n) is 3.39. The van der Waals surface area contributed by atoms with Gasteiger partial charge in [-0.3, -0.25) is 9.48 Å². The molecule has 1 N–H and O–H groups in total. The van der Waals surface area contributed by atoms with Crippen LogP contribution in [0.15, 0.2) is 36.7 Å². The lowest BCUT2D eigenvalue weighted by Gasteiger charge is -2.01. The predicted molar refractivity (Wildman–Crippen MR) is 71.7 cm³/mol. The molecule has 0 unspecified atom stereocenters. The number of nitrogens with zero attached hydrogens (tertiary/aromatic N) is 2. The third-order valence-corrected chi connectivity index (χ3v) is 3.39. The summed E-state index contributed by atoms with van der Waals surface area (Å²) in [7, 11) is 0. The van der Waals surface area contributed by atoms with Crippen LogP contribution in [0.2, 0.25) is 0 Å². The van der Waals surface area contributed by atoms with Gasteiger partial charge >= 0.3 is 5.97 Å². The van der Waals surface area contributed by atoms with Gasteiger partial charge in [-0.05, 0) is 29.9 Å². The molecule has 1 aliphatic carbocycles. The first-order valence-electron chi connectivity index (χ1n) is 6.54. The summed E-state index contributed by atoms with van der Waals surface area (Å²) in [6, 6.07) is 7.65. The molecule has 98 valence electrons. The molecule has 0 bridgehead atoms. The molecule has 0 radical (unpaired) electrons. The van der Waals surface area contributed by atoms with Gasteiger partial charge < -0.3 is 5.11 Å². The van der Waals surface area contributed by atoms with Crippen molar-refractivity contribution in [3.8, 4) is 11.1 Å². The quantitative estimate of drug-likeness (QED) is 0.894. The molecule has 1 saturated carbocycles. The molecule has 0 atom stereocenters. The zero-order valence-electron chi connectivity index (χ0n) is 10.6. The number of hydrogen-bond donors (Lipinski definition) is 1. The van der Waals surface area contributed by atoms with Crippen molar-refractivity contribution in [3.05, 3.63) is 42.2 Å². The second-order valence-corrected chi connectivity index (χ2v) is 5.17. The average Bonchev–Trinajstić information content (AvgIpc) is 3.04. The van der Waals surface area contributed by atoms with Crippen LogP contribution in [0.3, 0.4) is 0 Å². The number of carbonyl (C=O) groups is 1. The minimum atomic E-state index is -0.804. The first kappa shape index (κ1) is 12.0. The molecular weight excluding hydrogens is 240 g/mol. The van der Waals surface area contributed by atoms with Gasteiger partial charge in [0.2, 0.25) is 0 Å². The standard InChI is InChI=1S/C15H16N2O2/c18-15(19)7-12-2-1-3-13(6-12)14-8-16-17(10-14)9-11-4-5-11/h1-3,6,8,10-11H,4-5,7,9H2,(H,18,19). The maximum atomic E-state index is 10.7. The van der Waals surface area contributed by atoms with E-state index in [2.05, 4.69) is 5.10 Å². The highest BCUT2D eigenvalue weighted by atomic mass is 16.4. The Morgan fingerprint density at radius 1 is 1.37 bits per heavy atom. The van der Waals surface area contributed by atoms with E-state index in [4.69, 9.17) is 5.11 Å². The summed E-state index contributed by atoms with van der Waals surface area (Å²) in [5.74, 6) is -0.00678. The summed E-state index contributed by atoms with van der Waals surface area (Å²) in [4.78, 5) is 10.7. The van der Waals surface area contributed by atoms with Crippen molar-refractivity contribution in [2.24, 2.45) is 5.92 Å². The van der Waals surface area contributed by atoms with Crippen LogP contribution < -0.4 is 0 Å². The van der Waals surface area contributed by atoms with Gasteiger partial charge in [-0.25, -0.2) is 0 Å². The number of aromatic nitrogens is 2. The lowest BCUT2D eigenvalue weighted by Crippen LogP contribution is -2.00. The van der Waals surface area contributed by atoms with Crippen LogP contribution >= 0.6 is 0 Å². The van der Waals surface area contributed by atoms with Crippen molar-refractivity contribution >= 4 is 5.97 Å². The van der Waals surface area contributed by atoms with Crippen LogP contribution in [0.4, 0.5) is 0 Å². The molecule has 1 fully saturated rings. The van der Waals surface area contributed by atoms with Gasteiger partial charge in [0.05, 0.1) is 12.6 Å². The Labute approximate surface area is 111 Å². The van der Waals surface area contributed by atoms with Gasteiger partial charge in [-0.1, -0.05) is 24.3 Å². The van der Waals surface area contributed by atoms with Crippen LogP contribution in [0.25, 0.3) is 11.1 Å². The molecule has 0 amide bonds. The molecular formula is C15H16N2O2. The predicted octanol–water partition coefficient (Wildman–Crippen LogP) is 2.59. The van der Waals surface area contributed by atoms with Gasteiger partial charge in [-0.15, -0.1) is 0 Å². The lowest BCUT2D eigenvalue weighted by atomic mass is 10.0. The van der Waals surface area contributed by atoms with E-state index in [1.807, 2.05) is 41.3 Å². The van der Waals surface area contributed by atoms with Gasteiger partial charge in [0.1, 0.15) is 0 Å². The van der Waals surface area contributed by atoms with Crippen LogP contribution in [-0.2, 0) is 17.8 Å². The Morgan fingerprint density at radius 2 is 2.21 bits per heavy atom. The fraction of sp³-hybridized carbons (Fsp3) is 0.333. The fourth-order valence-corrected chi connectivity index (χ4v) is 2.21. The first-order valence-corrected chi connectivity index (χ1v) is 6.54. The molecule has 4 heteroatoms. The first-order chi connectivity index (χ1) is 9.20. The molecule has 1 heterocycles. The molecule has 1 aromatic heterocycles. The van der Waals surface area contributed by atoms with Crippen LogP contribution in [0.5, 0.6) is 0 Å². The summed E-state index contributed by atoms with van der Waals surface area (Å²) >= 11 is 0. The minimum Gasteiger partial charge on any atom is -0.481 e. The summed E-state index contributed by atoms with van der Waals surface area (Å²) in [5, 5.41) is 13.2. The lowest BCUT2D eigenvalue weighted by molar-refractivity contribution is -0.136. The van der Waals surface area contributed by atoms with E-state index in [9.17, 15) is 4.79 Å². The van der Waals surface area contributed by atoms with E-state index in [1.54, 1.807) is 0 Å². The summed E-state index contributed by atoms with van der Waals surface area (Å²) in [6.45, 7) is 0.995. The average molecular weight is 256 g/mol. The number of aliphatic carboxylic acids is 1. The molecule has 1 aliphatic rings. The van der Waals surface area contributed by atoms with E-state index in [0.29, 0.717) is 0 Å². The van der Waals surface area contributed by atoms with E-state index in [0.717, 1.165) is 29.2 Å². The smallest absolute Gasteiger partial charge is 0.307 e. The van der Waals surface area contributed by atoms with Crippen LogP contribution in [0.1, 0.15) is 18.4 Å². The molecule has 2 aromatic rings. The van der Waals surface area contributed by atoms with Crippen molar-refractivity contribution < 1.29 is 9.90 Å². The molecule has 19 heavy (non-hydrogen) atoms. The number of rotatable bonds is 5. The zero-order valence-corrected chi connectivity index (χ0v) is 10.6. The number of hydrogen-bond acceptors (Lipinski definition) is 2. The van der Waals surface area contributed by atoms with E-state index in [-0.39, 0.29) is 6.42 Å². The highest BCUT2D eigenvalue weighted by Crippen LogP contribution is 2.31. The Kier molecular flexibility index (Phi) is 3.07. The molecule has 4 nitrogen and oxygen atoms in total. The van der Waals surface area contributed by atoms with E-state index in [1.165, 1.54) is 12.8 Å². The molecule has 1 aromatic carbocycles. The van der Waals surface area contributed by atoms with Crippen LogP contribution in [0, 0.1) is 5.92 Å². The van der Waals surface area contributed by atoms with Crippen molar-refractivity contribution in [2.75, 3.05) is 0 Å². The van der Waals surface area contributed by atoms with Crippen molar-refractivity contribution in [1.29, 1.82) is 0 Å². The highest BCUT2D eigenvalue weighted by molar-refractivity contribution is 5.71. The van der Waals surface area contributed by atoms with Crippen molar-refractivity contribution in [3.63, 3.8) is 0 Å². The Hall–Kier alpha value is -2.10. The number of carboxylic acids is 1. The SMILES string of the molecule is O=C(O)Cc1cccc(-c2cnn(CC3CC3)c2)c1. The monoisotopic (exact) mass is 256 g/mol. The molecule has 0 saturated heterocycles. The van der Waals surface area contributed by atoms with Gasteiger partial charge in [0.15, 0.2) is 0 Å². The Bertz CT molecular complexity index is 600. The Balaban J connectivity index is 1.80. The summed E-state index contributed by atoms with van der Waals surface area (Å²) in [5.41, 5.74) is 2.90. The normalized spacial score (nSPS) is 14.5. The Morgan fingerprint density at radius 3 is 2.95 bits per heavy atom. The van der Waals surface area contributed by atoms with Crippen LogP contribution in [-0.4, -0.2) is 20.9 Å². The summed E-state index contributed by atoms with van der Waals surface area (Å²) < 4.78 is 1.98. The van der Waals surface area contributed by atoms with Gasteiger partial charge in [0.25, 0.3) is 0 Å². The third kappa shape index (κ3) is 3.02. The topological polar surface area (TPSA) is 55.1 Å². The minimum absolute atomic E-state index is 0.0596. The van der Waals surface area contributed by atoms with Gasteiger partial charge in [-0.2, -0.15) is 5.10 Å². The second kappa shape index (κ2) is 4.88. The van der Waals surface area contributed by atoms with E-state index < -0.39 is 5.97 Å². The largest absolute Gasteiger partial charge is 0.481 e. The van der Waals surface area contributed by atoms with Gasteiger partial charge in [0, 0.05) is 18.3 Å². The van der Waals surface area contributed by atoms with E-state index >= 15 is 0 Å². The second-order valence-electron chi connectivity index (χ2n) is 5.17. The van der Waals surface area contributed by atoms with Crippen molar-refractivity contribution in [2.45, 2.75) is 25.8 Å². The fourth-order valence-electron chi connectivity index (χ4n) is 2.21. The zero-order chi connectivity index (χ0) is 13.2. The number of benzene rings is 1. The number of carboxylic acid groups (broad SMARTS) is 1. The summed E-state index contributed by atoms with van der Waals surface area (Å²) in [6.07, 6.45) is 6.57. The molecule has 0 aliphatic heterocycles. The molecule has 3 rings (SSSR count). The molecule has 0 spiro atoms. The van der Waals surface area contributed by atoms with Crippen molar-refractivity contribution in [1.82, 2.24) is 9.78 Å². The maximum Gasteiger partial charge on any atom is 0.307 e. The maximum absolute atomic E-state index is 10.7. The highest BCUT2D eigenvalue weighted by Gasteiger charge is 2.22.